The van der Waals surface area contributed by atoms with Crippen molar-refractivity contribution >= 4 is 24.9 Å². The fourth-order valence-electron chi connectivity index (χ4n) is 1.64. The lowest BCUT2D eigenvalue weighted by atomic mass is 10.3. The summed E-state index contributed by atoms with van der Waals surface area (Å²) in [6.07, 6.45) is 0. The summed E-state index contributed by atoms with van der Waals surface area (Å²) in [5.41, 5.74) is 2.24. The summed E-state index contributed by atoms with van der Waals surface area (Å²) >= 11 is 0. The van der Waals surface area contributed by atoms with Gasteiger partial charge < -0.3 is 10.4 Å². The standard InChI is InChI=1S/C12H11N.C6H6O.H2S/c1-3-7-11(8-4-1)13-12-9-5-2-6-10-12;7-6-4-2-1-3-5-6;/h1-10,13H;1-5,7H;1H2. The molecule has 0 bridgehead atoms. The van der Waals surface area contributed by atoms with Gasteiger partial charge in [-0.2, -0.15) is 13.5 Å². The molecule has 108 valence electrons. The number of phenolic OH excluding ortho intramolecular Hbond substituents is 1. The number of phenols is 1. The lowest BCUT2D eigenvalue weighted by Crippen LogP contribution is -1.87. The highest BCUT2D eigenvalue weighted by Crippen LogP contribution is 2.14. The van der Waals surface area contributed by atoms with E-state index in [-0.39, 0.29) is 13.5 Å². The zero-order chi connectivity index (χ0) is 14.0. The third kappa shape index (κ3) is 6.54. The highest BCUT2D eigenvalue weighted by Gasteiger charge is 1.89. The Morgan fingerprint density at radius 1 is 0.524 bits per heavy atom. The molecule has 0 aliphatic heterocycles. The van der Waals surface area contributed by atoms with E-state index in [0.717, 1.165) is 11.4 Å². The maximum absolute atomic E-state index is 8.63. The predicted octanol–water partition coefficient (Wildman–Crippen LogP) is 4.94. The fourth-order valence-corrected chi connectivity index (χ4v) is 1.64. The van der Waals surface area contributed by atoms with E-state index in [0.29, 0.717) is 5.75 Å². The second-order valence-corrected chi connectivity index (χ2v) is 4.19. The number of para-hydroxylation sites is 3. The van der Waals surface area contributed by atoms with Gasteiger partial charge in [0, 0.05) is 11.4 Å². The average Bonchev–Trinajstić information content (AvgIpc) is 2.51. The van der Waals surface area contributed by atoms with Crippen LogP contribution in [0.25, 0.3) is 0 Å². The first-order chi connectivity index (χ1) is 9.84. The van der Waals surface area contributed by atoms with Gasteiger partial charge in [0.05, 0.1) is 0 Å². The molecule has 0 saturated carbocycles. The fraction of sp³-hybridized carbons (Fsp3) is 0. The summed E-state index contributed by atoms with van der Waals surface area (Å²) in [5, 5.41) is 11.9. The Kier molecular flexibility index (Phi) is 7.54. The van der Waals surface area contributed by atoms with Crippen LogP contribution in [0, 0.1) is 0 Å². The average molecular weight is 297 g/mol. The van der Waals surface area contributed by atoms with Crippen LogP contribution < -0.4 is 5.32 Å². The van der Waals surface area contributed by atoms with E-state index in [1.807, 2.05) is 66.7 Å². The zero-order valence-electron chi connectivity index (χ0n) is 11.6. The normalized spacial score (nSPS) is 8.76. The van der Waals surface area contributed by atoms with Crippen molar-refractivity contribution in [3.63, 3.8) is 0 Å². The molecule has 0 radical (unpaired) electrons. The first-order valence-electron chi connectivity index (χ1n) is 6.46. The van der Waals surface area contributed by atoms with E-state index in [2.05, 4.69) is 5.32 Å². The molecule has 3 aromatic carbocycles. The molecule has 3 heteroatoms. The van der Waals surface area contributed by atoms with Crippen molar-refractivity contribution < 1.29 is 5.11 Å². The molecular weight excluding hydrogens is 278 g/mol. The van der Waals surface area contributed by atoms with E-state index < -0.39 is 0 Å². The Bertz CT molecular complexity index is 562. The maximum Gasteiger partial charge on any atom is 0.115 e. The van der Waals surface area contributed by atoms with E-state index in [1.165, 1.54) is 0 Å². The van der Waals surface area contributed by atoms with Gasteiger partial charge in [-0.25, -0.2) is 0 Å². The Hall–Kier alpha value is -2.39. The topological polar surface area (TPSA) is 32.3 Å². The van der Waals surface area contributed by atoms with Gasteiger partial charge in [-0.15, -0.1) is 0 Å². The Morgan fingerprint density at radius 2 is 0.857 bits per heavy atom. The minimum Gasteiger partial charge on any atom is -0.508 e. The third-order valence-corrected chi connectivity index (χ3v) is 2.59. The van der Waals surface area contributed by atoms with Gasteiger partial charge in [0.25, 0.3) is 0 Å². The van der Waals surface area contributed by atoms with Crippen molar-refractivity contribution in [2.75, 3.05) is 5.32 Å². The smallest absolute Gasteiger partial charge is 0.115 e. The van der Waals surface area contributed by atoms with Crippen LogP contribution in [0.1, 0.15) is 0 Å². The monoisotopic (exact) mass is 297 g/mol. The van der Waals surface area contributed by atoms with Crippen molar-refractivity contribution in [2.45, 2.75) is 0 Å². The molecule has 0 aliphatic carbocycles. The minimum absolute atomic E-state index is 0. The second-order valence-electron chi connectivity index (χ2n) is 4.19. The summed E-state index contributed by atoms with van der Waals surface area (Å²) in [6, 6.07) is 29.0. The lowest BCUT2D eigenvalue weighted by molar-refractivity contribution is 0.475. The molecule has 0 spiro atoms. The third-order valence-electron chi connectivity index (χ3n) is 2.59. The van der Waals surface area contributed by atoms with Gasteiger partial charge in [0.15, 0.2) is 0 Å². The Balaban J connectivity index is 0.000000236. The molecule has 3 aromatic rings. The van der Waals surface area contributed by atoms with E-state index in [4.69, 9.17) is 5.11 Å². The number of aromatic hydroxyl groups is 1. The van der Waals surface area contributed by atoms with Gasteiger partial charge in [0.1, 0.15) is 5.75 Å². The van der Waals surface area contributed by atoms with Crippen LogP contribution in [-0.4, -0.2) is 5.11 Å². The summed E-state index contributed by atoms with van der Waals surface area (Å²) in [4.78, 5) is 0. The quantitative estimate of drug-likeness (QED) is 0.702. The van der Waals surface area contributed by atoms with Crippen molar-refractivity contribution in [3.05, 3.63) is 91.0 Å². The van der Waals surface area contributed by atoms with Crippen LogP contribution in [0.15, 0.2) is 91.0 Å². The predicted molar refractivity (Wildman–Crippen MR) is 94.7 cm³/mol. The molecule has 0 aromatic heterocycles. The number of anilines is 2. The van der Waals surface area contributed by atoms with Crippen LogP contribution in [-0.2, 0) is 0 Å². The van der Waals surface area contributed by atoms with Crippen LogP contribution in [0.2, 0.25) is 0 Å². The summed E-state index contributed by atoms with van der Waals surface area (Å²) in [5.74, 6) is 0.322. The van der Waals surface area contributed by atoms with Crippen LogP contribution >= 0.6 is 13.5 Å². The van der Waals surface area contributed by atoms with Gasteiger partial charge in [-0.3, -0.25) is 0 Å². The van der Waals surface area contributed by atoms with Gasteiger partial charge in [-0.1, -0.05) is 54.6 Å². The van der Waals surface area contributed by atoms with E-state index in [1.54, 1.807) is 24.3 Å². The second kappa shape index (κ2) is 9.50. The van der Waals surface area contributed by atoms with Crippen LogP contribution in [0.5, 0.6) is 5.75 Å². The van der Waals surface area contributed by atoms with E-state index >= 15 is 0 Å². The van der Waals surface area contributed by atoms with Crippen molar-refractivity contribution in [1.82, 2.24) is 0 Å². The van der Waals surface area contributed by atoms with Gasteiger partial charge in [0.2, 0.25) is 0 Å². The summed E-state index contributed by atoms with van der Waals surface area (Å²) in [7, 11) is 0. The largest absolute Gasteiger partial charge is 0.508 e. The molecular formula is C18H19NOS. The Morgan fingerprint density at radius 3 is 1.14 bits per heavy atom. The minimum atomic E-state index is 0. The van der Waals surface area contributed by atoms with Crippen molar-refractivity contribution in [3.8, 4) is 5.75 Å². The number of hydrogen-bond acceptors (Lipinski definition) is 2. The highest BCUT2D eigenvalue weighted by molar-refractivity contribution is 7.59. The molecule has 0 fully saturated rings. The molecule has 0 atom stereocenters. The van der Waals surface area contributed by atoms with Gasteiger partial charge in [-0.05, 0) is 36.4 Å². The molecule has 21 heavy (non-hydrogen) atoms. The number of benzene rings is 3. The number of nitrogens with one attached hydrogen (secondary N) is 1. The van der Waals surface area contributed by atoms with Crippen LogP contribution in [0.4, 0.5) is 11.4 Å². The highest BCUT2D eigenvalue weighted by atomic mass is 32.1. The summed E-state index contributed by atoms with van der Waals surface area (Å²) < 4.78 is 0. The van der Waals surface area contributed by atoms with Gasteiger partial charge >= 0.3 is 0 Å². The molecule has 3 rings (SSSR count). The first-order valence-corrected chi connectivity index (χ1v) is 6.46. The molecule has 0 heterocycles. The SMILES string of the molecule is Oc1ccccc1.S.c1ccc(Nc2ccccc2)cc1. The Labute approximate surface area is 132 Å². The van der Waals surface area contributed by atoms with E-state index in [9.17, 15) is 0 Å². The summed E-state index contributed by atoms with van der Waals surface area (Å²) in [6.45, 7) is 0. The lowest BCUT2D eigenvalue weighted by Gasteiger charge is -2.04. The van der Waals surface area contributed by atoms with Crippen molar-refractivity contribution in [1.29, 1.82) is 0 Å². The van der Waals surface area contributed by atoms with Crippen LogP contribution in [0.3, 0.4) is 0 Å². The molecule has 2 N–H and O–H groups in total. The number of hydrogen-bond donors (Lipinski definition) is 2. The first kappa shape index (κ1) is 16.7. The molecule has 0 aliphatic rings. The molecule has 2 nitrogen and oxygen atoms in total. The maximum atomic E-state index is 8.63. The molecule has 0 amide bonds. The molecule has 0 saturated heterocycles. The zero-order valence-corrected chi connectivity index (χ0v) is 12.6. The number of rotatable bonds is 2. The van der Waals surface area contributed by atoms with Crippen molar-refractivity contribution in [2.24, 2.45) is 0 Å². The molecule has 0 unspecified atom stereocenters.